The lowest BCUT2D eigenvalue weighted by Gasteiger charge is -2.27. The Labute approximate surface area is 481 Å². The van der Waals surface area contributed by atoms with Gasteiger partial charge in [-0.1, -0.05) is 247 Å². The second kappa shape index (κ2) is 57.2. The molecule has 0 bridgehead atoms. The fourth-order valence-corrected chi connectivity index (χ4v) is 9.56. The van der Waals surface area contributed by atoms with Crippen LogP contribution in [-0.2, 0) is 27.9 Å². The number of amides is 1. The maximum absolute atomic E-state index is 13.6. The summed E-state index contributed by atoms with van der Waals surface area (Å²) in [5.74, 6) is -0.537. The Kier molecular flexibility index (Phi) is 54.9. The molecule has 9 nitrogen and oxygen atoms in total. The van der Waals surface area contributed by atoms with Gasteiger partial charge in [0, 0.05) is 12.8 Å². The van der Waals surface area contributed by atoms with Crippen molar-refractivity contribution in [1.29, 1.82) is 0 Å². The van der Waals surface area contributed by atoms with E-state index in [4.69, 9.17) is 13.8 Å². The average molecular weight is 1110 g/mol. The Morgan fingerprint density at radius 3 is 1.26 bits per heavy atom. The van der Waals surface area contributed by atoms with Crippen LogP contribution in [0.25, 0.3) is 0 Å². The van der Waals surface area contributed by atoms with Gasteiger partial charge in [0.2, 0.25) is 5.91 Å². The lowest BCUT2D eigenvalue weighted by atomic mass is 10.0. The first kappa shape index (κ1) is 74.9. The normalized spacial score (nSPS) is 14.3. The van der Waals surface area contributed by atoms with Crippen LogP contribution in [0.3, 0.4) is 0 Å². The molecule has 10 heteroatoms. The van der Waals surface area contributed by atoms with Crippen LogP contribution in [0.2, 0.25) is 0 Å². The number of nitrogens with one attached hydrogen (secondary N) is 1. The molecule has 0 aliphatic rings. The summed E-state index contributed by atoms with van der Waals surface area (Å²) in [6, 6.07) is -0.864. The van der Waals surface area contributed by atoms with E-state index in [2.05, 4.69) is 111 Å². The molecule has 0 aliphatic heterocycles. The number of hydrogen-bond acceptors (Lipinski definition) is 6. The Balaban J connectivity index is 5.08. The largest absolute Gasteiger partial charge is 0.472 e. The number of likely N-dealkylation sites (N-methyl/N-ethyl adjacent to an activating group) is 1. The number of allylic oxidation sites excluding steroid dienone is 15. The second-order valence-corrected chi connectivity index (χ2v) is 24.0. The third-order valence-electron chi connectivity index (χ3n) is 13.8. The van der Waals surface area contributed by atoms with Gasteiger partial charge in [0.1, 0.15) is 19.3 Å². The molecule has 0 aromatic heterocycles. The minimum absolute atomic E-state index is 0.0318. The molecule has 0 fully saturated rings. The Bertz CT molecular complexity index is 1660. The highest BCUT2D eigenvalue weighted by atomic mass is 31.2. The van der Waals surface area contributed by atoms with Crippen molar-refractivity contribution in [2.75, 3.05) is 40.9 Å². The first-order valence-electron chi connectivity index (χ1n) is 32.1. The maximum Gasteiger partial charge on any atom is 0.472 e. The summed E-state index contributed by atoms with van der Waals surface area (Å²) < 4.78 is 30.7. The molecule has 0 aliphatic carbocycles. The molecule has 3 unspecified atom stereocenters. The summed E-state index contributed by atoms with van der Waals surface area (Å²) in [7, 11) is 1.47. The molecule has 0 heterocycles. The Hall–Kier alpha value is -3.07. The number of ether oxygens (including phenoxy) is 1. The van der Waals surface area contributed by atoms with Crippen LogP contribution in [0.1, 0.15) is 271 Å². The summed E-state index contributed by atoms with van der Waals surface area (Å²) in [4.78, 5) is 37.7. The minimum atomic E-state index is -4.46. The highest BCUT2D eigenvalue weighted by Gasteiger charge is 2.30. The molecule has 0 saturated carbocycles. The topological polar surface area (TPSA) is 111 Å². The van der Waals surface area contributed by atoms with Gasteiger partial charge < -0.3 is 19.4 Å². The van der Waals surface area contributed by atoms with Gasteiger partial charge in [-0.25, -0.2) is 4.57 Å². The van der Waals surface area contributed by atoms with Crippen LogP contribution in [0.4, 0.5) is 0 Å². The number of carbonyl (C=O) groups excluding carboxylic acids is 2. The second-order valence-electron chi connectivity index (χ2n) is 22.5. The molecular formula is C68H122N2O7P+. The van der Waals surface area contributed by atoms with Gasteiger partial charge in [-0.2, -0.15) is 0 Å². The molecule has 1 amide bonds. The van der Waals surface area contributed by atoms with E-state index in [9.17, 15) is 19.0 Å². The molecule has 0 aromatic carbocycles. The van der Waals surface area contributed by atoms with Gasteiger partial charge in [0.15, 0.2) is 0 Å². The van der Waals surface area contributed by atoms with Gasteiger partial charge in [-0.05, 0) is 109 Å². The monoisotopic (exact) mass is 1110 g/mol. The van der Waals surface area contributed by atoms with Crippen molar-refractivity contribution in [3.63, 3.8) is 0 Å². The molecule has 0 aromatic rings. The molecule has 450 valence electrons. The molecule has 2 N–H and O–H groups in total. The van der Waals surface area contributed by atoms with E-state index in [0.29, 0.717) is 23.9 Å². The van der Waals surface area contributed by atoms with Crippen molar-refractivity contribution in [3.8, 4) is 0 Å². The number of phosphoric acid groups is 1. The number of unbranched alkanes of at least 4 members (excludes halogenated alkanes) is 27. The number of esters is 1. The summed E-state index contributed by atoms with van der Waals surface area (Å²) in [6.07, 6.45) is 77.0. The zero-order valence-electron chi connectivity index (χ0n) is 51.4. The summed E-state index contributed by atoms with van der Waals surface area (Å²) in [6.45, 7) is 6.84. The maximum atomic E-state index is 13.6. The number of quaternary nitrogens is 1. The predicted molar refractivity (Wildman–Crippen MR) is 337 cm³/mol. The van der Waals surface area contributed by atoms with Gasteiger partial charge in [-0.15, -0.1) is 0 Å². The van der Waals surface area contributed by atoms with Crippen LogP contribution in [0.5, 0.6) is 0 Å². The number of nitrogens with zero attached hydrogens (tertiary/aromatic N) is 1. The average Bonchev–Trinajstić information content (AvgIpc) is 3.40. The number of rotatable bonds is 57. The fraction of sp³-hybridized carbons (Fsp3) is 0.735. The van der Waals surface area contributed by atoms with Gasteiger partial charge in [0.05, 0.1) is 33.8 Å². The molecule has 3 atom stereocenters. The first-order chi connectivity index (χ1) is 37.9. The van der Waals surface area contributed by atoms with Crippen molar-refractivity contribution < 1.29 is 37.3 Å². The van der Waals surface area contributed by atoms with Crippen LogP contribution in [0.15, 0.2) is 97.2 Å². The van der Waals surface area contributed by atoms with Crippen molar-refractivity contribution >= 4 is 19.7 Å². The fourth-order valence-electron chi connectivity index (χ4n) is 8.82. The molecule has 0 radical (unpaired) electrons. The van der Waals surface area contributed by atoms with Gasteiger partial charge in [0.25, 0.3) is 0 Å². The summed E-state index contributed by atoms with van der Waals surface area (Å²) in [5.41, 5.74) is 0. The van der Waals surface area contributed by atoms with Crippen molar-refractivity contribution in [1.82, 2.24) is 5.32 Å². The Morgan fingerprint density at radius 1 is 0.462 bits per heavy atom. The highest BCUT2D eigenvalue weighted by Crippen LogP contribution is 2.43. The van der Waals surface area contributed by atoms with E-state index in [0.717, 1.165) is 109 Å². The van der Waals surface area contributed by atoms with Crippen molar-refractivity contribution in [2.24, 2.45) is 0 Å². The van der Waals surface area contributed by atoms with Gasteiger partial charge >= 0.3 is 13.8 Å². The Morgan fingerprint density at radius 2 is 0.821 bits per heavy atom. The first-order valence-corrected chi connectivity index (χ1v) is 33.6. The summed E-state index contributed by atoms with van der Waals surface area (Å²) >= 11 is 0. The SMILES string of the molecule is CC/C=C/C/C=C/C/C=C/CCCCCCC(=O)OC(/C=C\CCCCCCCCCCC)C(COP(=O)(O)OCC[N+](C)(C)C)NC(=O)CCCCCCCCCCCCC/C=C\C/C=C\C/C=C\C/C=C\CCCCC. The van der Waals surface area contributed by atoms with Crippen molar-refractivity contribution in [3.05, 3.63) is 97.2 Å². The van der Waals surface area contributed by atoms with E-state index in [1.54, 1.807) is 0 Å². The van der Waals surface area contributed by atoms with Gasteiger partial charge in [-0.3, -0.25) is 18.6 Å². The van der Waals surface area contributed by atoms with E-state index in [1.165, 1.54) is 122 Å². The lowest BCUT2D eigenvalue weighted by Crippen LogP contribution is -2.47. The summed E-state index contributed by atoms with van der Waals surface area (Å²) in [5, 5.41) is 3.05. The van der Waals surface area contributed by atoms with Crippen LogP contribution < -0.4 is 5.32 Å². The molecule has 0 spiro atoms. The zero-order valence-corrected chi connectivity index (χ0v) is 52.3. The minimum Gasteiger partial charge on any atom is -0.456 e. The van der Waals surface area contributed by atoms with E-state index < -0.39 is 20.0 Å². The molecular weight excluding hydrogens is 988 g/mol. The third-order valence-corrected chi connectivity index (χ3v) is 14.7. The predicted octanol–water partition coefficient (Wildman–Crippen LogP) is 19.9. The highest BCUT2D eigenvalue weighted by molar-refractivity contribution is 7.47. The quantitative estimate of drug-likeness (QED) is 0.0205. The zero-order chi connectivity index (χ0) is 57.2. The third kappa shape index (κ3) is 57.6. The van der Waals surface area contributed by atoms with Crippen molar-refractivity contribution in [2.45, 2.75) is 283 Å². The van der Waals surface area contributed by atoms with E-state index in [1.807, 2.05) is 33.3 Å². The number of carbonyl (C=O) groups is 2. The number of hydrogen-bond donors (Lipinski definition) is 2. The van der Waals surface area contributed by atoms with E-state index in [-0.39, 0.29) is 31.5 Å². The molecule has 78 heavy (non-hydrogen) atoms. The number of phosphoric ester groups is 1. The van der Waals surface area contributed by atoms with E-state index >= 15 is 0 Å². The smallest absolute Gasteiger partial charge is 0.456 e. The molecule has 0 saturated heterocycles. The lowest BCUT2D eigenvalue weighted by molar-refractivity contribution is -0.870. The van der Waals surface area contributed by atoms with Crippen LogP contribution in [-0.4, -0.2) is 74.3 Å². The molecule has 0 rings (SSSR count). The van der Waals surface area contributed by atoms with Crippen LogP contribution >= 0.6 is 7.82 Å². The van der Waals surface area contributed by atoms with Crippen LogP contribution in [0, 0.1) is 0 Å². The standard InChI is InChI=1S/C68H121N2O7P/c1-7-10-13-16-19-22-25-27-29-30-31-32-33-34-35-36-37-38-39-40-41-42-45-48-51-54-57-60-67(71)69-65(64-76-78(73,74)75-63-62-70(4,5)6)66(59-56-53-50-47-44-24-21-18-15-12-9-3)77-68(72)61-58-55-52-49-46-43-28-26-23-20-17-14-11-8-2/h11,14,19-20,22-23,27-29,31-32,34-35,43,56,59,65-66H,7-10,12-13,15-18,21,24-26,30,33,36-42,44-55,57-58,60-64H2,1-6H3,(H-,69,71,73,74)/p+1/b14-11+,22-19-,23-20+,29-27-,32-31-,35-34-,43-28+,59-56-.